The summed E-state index contributed by atoms with van der Waals surface area (Å²) in [5.41, 5.74) is 1.56. The highest BCUT2D eigenvalue weighted by atomic mass is 16.3. The van der Waals surface area contributed by atoms with Gasteiger partial charge in [0.15, 0.2) is 0 Å². The van der Waals surface area contributed by atoms with E-state index in [-0.39, 0.29) is 12.0 Å². The third-order valence-electron chi connectivity index (χ3n) is 4.73. The number of aromatic nitrogens is 1. The van der Waals surface area contributed by atoms with E-state index in [4.69, 9.17) is 0 Å². The van der Waals surface area contributed by atoms with Gasteiger partial charge in [0.2, 0.25) is 0 Å². The van der Waals surface area contributed by atoms with Gasteiger partial charge in [0.25, 0.3) is 0 Å². The summed E-state index contributed by atoms with van der Waals surface area (Å²) in [5.74, 6) is -1.18. The number of hydrogen-bond acceptors (Lipinski definition) is 3. The summed E-state index contributed by atoms with van der Waals surface area (Å²) in [6.07, 6.45) is 5.20. The number of likely N-dealkylation sites (N-methyl/N-ethyl adjacent to an activating group) is 1. The molecule has 6 nitrogen and oxygen atoms in total. The maximum Gasteiger partial charge on any atom is 0.313 e. The first-order valence-electron chi connectivity index (χ1n) is 8.36. The number of amides is 2. The van der Waals surface area contributed by atoms with Gasteiger partial charge in [-0.3, -0.25) is 9.59 Å². The van der Waals surface area contributed by atoms with Crippen molar-refractivity contribution in [1.29, 1.82) is 0 Å². The van der Waals surface area contributed by atoms with Crippen LogP contribution in [0.1, 0.15) is 25.7 Å². The summed E-state index contributed by atoms with van der Waals surface area (Å²) in [6, 6.07) is 7.34. The molecule has 128 valence electrons. The number of nitrogens with one attached hydrogen (secondary N) is 2. The third kappa shape index (κ3) is 3.59. The van der Waals surface area contributed by atoms with Gasteiger partial charge in [-0.2, -0.15) is 0 Å². The average molecular weight is 329 g/mol. The standard InChI is InChI=1S/C18H23N3O3/c1-21(11-13-4-2-3-5-16(13)22)18(24)17(23)20-14-6-7-15-12(10-14)8-9-19-15/h6-10,13,16,19,22H,2-5,11H2,1H3,(H,20,23). The second-order valence-corrected chi connectivity index (χ2v) is 6.53. The Morgan fingerprint density at radius 2 is 2.08 bits per heavy atom. The largest absolute Gasteiger partial charge is 0.393 e. The number of hydrogen-bond donors (Lipinski definition) is 3. The Morgan fingerprint density at radius 1 is 1.29 bits per heavy atom. The molecule has 24 heavy (non-hydrogen) atoms. The van der Waals surface area contributed by atoms with Crippen LogP contribution in [-0.2, 0) is 9.59 Å². The van der Waals surface area contributed by atoms with E-state index in [1.165, 1.54) is 4.90 Å². The van der Waals surface area contributed by atoms with E-state index in [0.717, 1.165) is 36.6 Å². The number of carbonyl (C=O) groups excluding carboxylic acids is 2. The van der Waals surface area contributed by atoms with Gasteiger partial charge in [0.05, 0.1) is 6.10 Å². The van der Waals surface area contributed by atoms with E-state index in [2.05, 4.69) is 10.3 Å². The number of rotatable bonds is 3. The first-order valence-corrected chi connectivity index (χ1v) is 8.36. The van der Waals surface area contributed by atoms with Crippen LogP contribution < -0.4 is 5.32 Å². The molecule has 1 aliphatic carbocycles. The van der Waals surface area contributed by atoms with Gasteiger partial charge in [-0.25, -0.2) is 0 Å². The molecule has 0 saturated heterocycles. The van der Waals surface area contributed by atoms with Crippen LogP contribution in [0, 0.1) is 5.92 Å². The van der Waals surface area contributed by atoms with Crippen molar-refractivity contribution in [3.8, 4) is 0 Å². The molecule has 0 aliphatic heterocycles. The molecule has 3 N–H and O–H groups in total. The SMILES string of the molecule is CN(CC1CCCCC1O)C(=O)C(=O)Nc1ccc2[nH]ccc2c1. The lowest BCUT2D eigenvalue weighted by molar-refractivity contribution is -0.143. The number of nitrogens with zero attached hydrogens (tertiary/aromatic N) is 1. The summed E-state index contributed by atoms with van der Waals surface area (Å²) >= 11 is 0. The fourth-order valence-corrected chi connectivity index (χ4v) is 3.32. The number of H-pyrrole nitrogens is 1. The summed E-state index contributed by atoms with van der Waals surface area (Å²) in [4.78, 5) is 28.9. The monoisotopic (exact) mass is 329 g/mol. The normalized spacial score (nSPS) is 20.8. The molecule has 2 amide bonds. The van der Waals surface area contributed by atoms with Crippen LogP contribution in [-0.4, -0.2) is 46.5 Å². The van der Waals surface area contributed by atoms with Gasteiger partial charge in [-0.1, -0.05) is 12.8 Å². The second-order valence-electron chi connectivity index (χ2n) is 6.53. The van der Waals surface area contributed by atoms with Crippen molar-refractivity contribution in [1.82, 2.24) is 9.88 Å². The molecule has 6 heteroatoms. The molecule has 3 rings (SSSR count). The molecule has 0 bridgehead atoms. The highest BCUT2D eigenvalue weighted by Crippen LogP contribution is 2.25. The number of fused-ring (bicyclic) bond motifs is 1. The van der Waals surface area contributed by atoms with Gasteiger partial charge >= 0.3 is 11.8 Å². The Morgan fingerprint density at radius 3 is 2.88 bits per heavy atom. The molecule has 0 radical (unpaired) electrons. The minimum Gasteiger partial charge on any atom is -0.393 e. The maximum atomic E-state index is 12.3. The van der Waals surface area contributed by atoms with Crippen molar-refractivity contribution in [2.45, 2.75) is 31.8 Å². The van der Waals surface area contributed by atoms with Crippen molar-refractivity contribution in [3.05, 3.63) is 30.5 Å². The molecule has 1 aromatic carbocycles. The number of carbonyl (C=O) groups is 2. The van der Waals surface area contributed by atoms with E-state index in [1.54, 1.807) is 13.1 Å². The number of benzene rings is 1. The predicted octanol–water partition coefficient (Wildman–Crippen LogP) is 2.12. The highest BCUT2D eigenvalue weighted by Gasteiger charge is 2.27. The lowest BCUT2D eigenvalue weighted by atomic mass is 9.86. The predicted molar refractivity (Wildman–Crippen MR) is 92.5 cm³/mol. The van der Waals surface area contributed by atoms with Crippen molar-refractivity contribution >= 4 is 28.4 Å². The average Bonchev–Trinajstić information content (AvgIpc) is 3.03. The Bertz CT molecular complexity index is 740. The van der Waals surface area contributed by atoms with E-state index in [0.29, 0.717) is 12.2 Å². The molecule has 2 unspecified atom stereocenters. The minimum atomic E-state index is -0.655. The summed E-state index contributed by atoms with van der Waals surface area (Å²) in [7, 11) is 1.61. The van der Waals surface area contributed by atoms with E-state index < -0.39 is 11.8 Å². The lowest BCUT2D eigenvalue weighted by Crippen LogP contribution is -2.42. The van der Waals surface area contributed by atoms with Gasteiger partial charge in [-0.05, 0) is 37.1 Å². The van der Waals surface area contributed by atoms with Crippen molar-refractivity contribution in [3.63, 3.8) is 0 Å². The van der Waals surface area contributed by atoms with Crippen molar-refractivity contribution < 1.29 is 14.7 Å². The van der Waals surface area contributed by atoms with Crippen LogP contribution in [0.2, 0.25) is 0 Å². The number of aliphatic hydroxyl groups excluding tert-OH is 1. The fourth-order valence-electron chi connectivity index (χ4n) is 3.32. The zero-order valence-electron chi connectivity index (χ0n) is 13.8. The van der Waals surface area contributed by atoms with Crippen molar-refractivity contribution in [2.24, 2.45) is 5.92 Å². The molecule has 2 atom stereocenters. The second kappa shape index (κ2) is 7.05. The molecular formula is C18H23N3O3. The first-order chi connectivity index (χ1) is 11.5. The Kier molecular flexibility index (Phi) is 4.85. The third-order valence-corrected chi connectivity index (χ3v) is 4.73. The van der Waals surface area contributed by atoms with E-state index in [1.807, 2.05) is 24.4 Å². The Balaban J connectivity index is 1.59. The topological polar surface area (TPSA) is 85.4 Å². The first kappa shape index (κ1) is 16.5. The number of aromatic amines is 1. The van der Waals surface area contributed by atoms with Crippen LogP contribution in [0.25, 0.3) is 10.9 Å². The zero-order valence-corrected chi connectivity index (χ0v) is 13.8. The van der Waals surface area contributed by atoms with Gasteiger partial charge in [0, 0.05) is 42.3 Å². The maximum absolute atomic E-state index is 12.3. The molecule has 2 aromatic rings. The minimum absolute atomic E-state index is 0.0525. The Labute approximate surface area is 140 Å². The molecule has 1 heterocycles. The quantitative estimate of drug-likeness (QED) is 0.754. The summed E-state index contributed by atoms with van der Waals surface area (Å²) in [6.45, 7) is 0.407. The van der Waals surface area contributed by atoms with E-state index in [9.17, 15) is 14.7 Å². The molecular weight excluding hydrogens is 306 g/mol. The molecule has 0 spiro atoms. The highest BCUT2D eigenvalue weighted by molar-refractivity contribution is 6.39. The summed E-state index contributed by atoms with van der Waals surface area (Å²) in [5, 5.41) is 13.6. The molecule has 1 fully saturated rings. The van der Waals surface area contributed by atoms with Gasteiger partial charge < -0.3 is 20.3 Å². The van der Waals surface area contributed by atoms with Crippen molar-refractivity contribution in [2.75, 3.05) is 18.9 Å². The van der Waals surface area contributed by atoms with Crippen LogP contribution in [0.3, 0.4) is 0 Å². The van der Waals surface area contributed by atoms with Gasteiger partial charge in [-0.15, -0.1) is 0 Å². The number of aliphatic hydroxyl groups is 1. The molecule has 1 aliphatic rings. The number of anilines is 1. The van der Waals surface area contributed by atoms with Crippen LogP contribution >= 0.6 is 0 Å². The fraction of sp³-hybridized carbons (Fsp3) is 0.444. The smallest absolute Gasteiger partial charge is 0.313 e. The molecule has 1 aromatic heterocycles. The zero-order chi connectivity index (χ0) is 17.1. The Hall–Kier alpha value is -2.34. The van der Waals surface area contributed by atoms with Crippen LogP contribution in [0.4, 0.5) is 5.69 Å². The molecule has 1 saturated carbocycles. The van der Waals surface area contributed by atoms with Crippen LogP contribution in [0.5, 0.6) is 0 Å². The summed E-state index contributed by atoms with van der Waals surface area (Å²) < 4.78 is 0. The van der Waals surface area contributed by atoms with Crippen LogP contribution in [0.15, 0.2) is 30.5 Å². The van der Waals surface area contributed by atoms with E-state index >= 15 is 0 Å². The van der Waals surface area contributed by atoms with Gasteiger partial charge in [0.1, 0.15) is 0 Å². The lowest BCUT2D eigenvalue weighted by Gasteiger charge is -2.30.